The Morgan fingerprint density at radius 2 is 2.06 bits per heavy atom. The molecule has 1 rings (SSSR count). The lowest BCUT2D eigenvalue weighted by Crippen LogP contribution is -2.42. The first-order valence-electron chi connectivity index (χ1n) is 5.65. The highest BCUT2D eigenvalue weighted by atomic mass is 79.9. The molecule has 0 saturated carbocycles. The van der Waals surface area contributed by atoms with Crippen LogP contribution in [0.15, 0.2) is 22.7 Å². The van der Waals surface area contributed by atoms with Gasteiger partial charge in [0.2, 0.25) is 0 Å². The second kappa shape index (κ2) is 6.00. The molecule has 0 fully saturated rings. The molecule has 18 heavy (non-hydrogen) atoms. The number of hydrogen-bond donors (Lipinski definition) is 1. The number of rotatable bonds is 4. The van der Waals surface area contributed by atoms with Crippen LogP contribution in [0.3, 0.4) is 0 Å². The van der Waals surface area contributed by atoms with Gasteiger partial charge >= 0.3 is 5.97 Å². The third kappa shape index (κ3) is 2.90. The van der Waals surface area contributed by atoms with Gasteiger partial charge in [0.25, 0.3) is 5.91 Å². The molecule has 1 atom stereocenters. The molecule has 0 bridgehead atoms. The number of nitrogens with zero attached hydrogens (tertiary/aromatic N) is 1. The van der Waals surface area contributed by atoms with Crippen LogP contribution in [0.1, 0.15) is 29.3 Å². The van der Waals surface area contributed by atoms with Crippen molar-refractivity contribution in [3.05, 3.63) is 33.8 Å². The molecule has 0 saturated heterocycles. The second-order valence-electron chi connectivity index (χ2n) is 4.11. The van der Waals surface area contributed by atoms with Gasteiger partial charge in [-0.3, -0.25) is 4.79 Å². The summed E-state index contributed by atoms with van der Waals surface area (Å²) in [6.45, 7) is 3.63. The largest absolute Gasteiger partial charge is 0.480 e. The van der Waals surface area contributed by atoms with Gasteiger partial charge < -0.3 is 10.0 Å². The van der Waals surface area contributed by atoms with E-state index < -0.39 is 12.0 Å². The normalized spacial score (nSPS) is 12.0. The van der Waals surface area contributed by atoms with Gasteiger partial charge in [0.1, 0.15) is 6.04 Å². The van der Waals surface area contributed by atoms with Crippen LogP contribution in [-0.2, 0) is 4.79 Å². The summed E-state index contributed by atoms with van der Waals surface area (Å²) in [6.07, 6.45) is 0.376. The molecule has 0 aliphatic rings. The summed E-state index contributed by atoms with van der Waals surface area (Å²) < 4.78 is 0.710. The molecule has 1 unspecified atom stereocenters. The highest BCUT2D eigenvalue weighted by Crippen LogP contribution is 2.23. The number of carbonyl (C=O) groups is 2. The molecule has 1 N–H and O–H groups in total. The maximum atomic E-state index is 12.3. The average molecular weight is 314 g/mol. The summed E-state index contributed by atoms with van der Waals surface area (Å²) in [4.78, 5) is 24.6. The minimum atomic E-state index is -0.989. The maximum Gasteiger partial charge on any atom is 0.326 e. The molecule has 4 nitrogen and oxygen atoms in total. The smallest absolute Gasteiger partial charge is 0.326 e. The number of amides is 1. The van der Waals surface area contributed by atoms with E-state index in [9.17, 15) is 9.59 Å². The van der Waals surface area contributed by atoms with Crippen molar-refractivity contribution < 1.29 is 14.7 Å². The zero-order chi connectivity index (χ0) is 13.9. The number of carbonyl (C=O) groups excluding carboxylic acids is 1. The molecule has 0 aliphatic carbocycles. The van der Waals surface area contributed by atoms with E-state index in [1.165, 1.54) is 11.9 Å². The van der Waals surface area contributed by atoms with Gasteiger partial charge in [-0.2, -0.15) is 0 Å². The van der Waals surface area contributed by atoms with E-state index in [0.29, 0.717) is 16.5 Å². The fourth-order valence-electron chi connectivity index (χ4n) is 1.76. The number of aliphatic carboxylic acids is 1. The maximum absolute atomic E-state index is 12.3. The van der Waals surface area contributed by atoms with Gasteiger partial charge in [0, 0.05) is 11.5 Å². The number of halogens is 1. The van der Waals surface area contributed by atoms with Crippen LogP contribution in [0.5, 0.6) is 0 Å². The van der Waals surface area contributed by atoms with E-state index in [1.807, 2.05) is 13.0 Å². The Morgan fingerprint density at radius 3 is 2.56 bits per heavy atom. The van der Waals surface area contributed by atoms with Gasteiger partial charge in [-0.25, -0.2) is 4.79 Å². The molecule has 0 radical (unpaired) electrons. The molecule has 5 heteroatoms. The van der Waals surface area contributed by atoms with Crippen molar-refractivity contribution in [2.75, 3.05) is 7.05 Å². The first-order chi connectivity index (χ1) is 8.40. The summed E-state index contributed by atoms with van der Waals surface area (Å²) >= 11 is 3.36. The standard InChI is InChI=1S/C13H16BrNO3/c1-4-10(13(17)18)15(3)12(16)9-7-5-6-8(2)11(9)14/h5-7,10H,4H2,1-3H3,(H,17,18). The van der Waals surface area contributed by atoms with E-state index in [4.69, 9.17) is 5.11 Å². The van der Waals surface area contributed by atoms with Gasteiger partial charge in [-0.05, 0) is 40.9 Å². The summed E-state index contributed by atoms with van der Waals surface area (Å²) in [5.74, 6) is -1.28. The predicted molar refractivity (Wildman–Crippen MR) is 72.7 cm³/mol. The molecular weight excluding hydrogens is 298 g/mol. The molecule has 1 amide bonds. The van der Waals surface area contributed by atoms with Crippen molar-refractivity contribution in [1.29, 1.82) is 0 Å². The summed E-state index contributed by atoms with van der Waals surface area (Å²) in [5, 5.41) is 9.06. The number of benzene rings is 1. The number of hydrogen-bond acceptors (Lipinski definition) is 2. The van der Waals surface area contributed by atoms with Gasteiger partial charge in [-0.15, -0.1) is 0 Å². The van der Waals surface area contributed by atoms with E-state index in [1.54, 1.807) is 19.1 Å². The Balaban J connectivity index is 3.07. The monoisotopic (exact) mass is 313 g/mol. The predicted octanol–water partition coefficient (Wildman–Crippen LogP) is 2.69. The number of carboxylic acids is 1. The van der Waals surface area contributed by atoms with Crippen LogP contribution < -0.4 is 0 Å². The lowest BCUT2D eigenvalue weighted by atomic mass is 10.1. The van der Waals surface area contributed by atoms with Crippen molar-refractivity contribution in [3.8, 4) is 0 Å². The first kappa shape index (κ1) is 14.7. The van der Waals surface area contributed by atoms with Crippen molar-refractivity contribution >= 4 is 27.8 Å². The second-order valence-corrected chi connectivity index (χ2v) is 4.91. The van der Waals surface area contributed by atoms with Crippen LogP contribution >= 0.6 is 15.9 Å². The van der Waals surface area contributed by atoms with Crippen LogP contribution in [0, 0.1) is 6.92 Å². The topological polar surface area (TPSA) is 57.6 Å². The lowest BCUT2D eigenvalue weighted by Gasteiger charge is -2.24. The van der Waals surface area contributed by atoms with Crippen molar-refractivity contribution in [2.24, 2.45) is 0 Å². The molecule has 0 spiro atoms. The minimum Gasteiger partial charge on any atom is -0.480 e. The van der Waals surface area contributed by atoms with E-state index >= 15 is 0 Å². The van der Waals surface area contributed by atoms with Crippen molar-refractivity contribution in [3.63, 3.8) is 0 Å². The van der Waals surface area contributed by atoms with Gasteiger partial charge in [0.05, 0.1) is 5.56 Å². The van der Waals surface area contributed by atoms with E-state index in [0.717, 1.165) is 5.56 Å². The Bertz CT molecular complexity index is 473. The molecule has 0 aromatic heterocycles. The van der Waals surface area contributed by atoms with Crippen LogP contribution in [0.4, 0.5) is 0 Å². The lowest BCUT2D eigenvalue weighted by molar-refractivity contribution is -0.142. The van der Waals surface area contributed by atoms with Gasteiger partial charge in [0.15, 0.2) is 0 Å². The van der Waals surface area contributed by atoms with E-state index in [2.05, 4.69) is 15.9 Å². The number of aryl methyl sites for hydroxylation is 1. The highest BCUT2D eigenvalue weighted by molar-refractivity contribution is 9.10. The molecule has 0 aliphatic heterocycles. The molecule has 0 heterocycles. The zero-order valence-electron chi connectivity index (χ0n) is 10.6. The quantitative estimate of drug-likeness (QED) is 0.929. The van der Waals surface area contributed by atoms with Crippen LogP contribution in [0.2, 0.25) is 0 Å². The molecule has 98 valence electrons. The third-order valence-electron chi connectivity index (χ3n) is 2.88. The Kier molecular flexibility index (Phi) is 4.90. The third-order valence-corrected chi connectivity index (χ3v) is 3.93. The summed E-state index contributed by atoms with van der Waals surface area (Å²) in [6, 6.07) is 4.55. The average Bonchev–Trinajstić information content (AvgIpc) is 2.32. The van der Waals surface area contributed by atoms with Gasteiger partial charge in [-0.1, -0.05) is 19.1 Å². The Hall–Kier alpha value is -1.36. The first-order valence-corrected chi connectivity index (χ1v) is 6.44. The summed E-state index contributed by atoms with van der Waals surface area (Å²) in [7, 11) is 1.51. The van der Waals surface area contributed by atoms with Crippen molar-refractivity contribution in [2.45, 2.75) is 26.3 Å². The van der Waals surface area contributed by atoms with Crippen LogP contribution in [-0.4, -0.2) is 35.0 Å². The molecule has 1 aromatic carbocycles. The highest BCUT2D eigenvalue weighted by Gasteiger charge is 2.26. The summed E-state index contributed by atoms with van der Waals surface area (Å²) in [5.41, 5.74) is 1.43. The van der Waals surface area contributed by atoms with E-state index in [-0.39, 0.29) is 5.91 Å². The number of likely N-dealkylation sites (N-methyl/N-ethyl adjacent to an activating group) is 1. The SMILES string of the molecule is CCC(C(=O)O)N(C)C(=O)c1cccc(C)c1Br. The fourth-order valence-corrected chi connectivity index (χ4v) is 2.19. The fraction of sp³-hybridized carbons (Fsp3) is 0.385. The van der Waals surface area contributed by atoms with Crippen molar-refractivity contribution in [1.82, 2.24) is 4.90 Å². The Labute approximate surface area is 115 Å². The minimum absolute atomic E-state index is 0.292. The Morgan fingerprint density at radius 1 is 1.44 bits per heavy atom. The zero-order valence-corrected chi connectivity index (χ0v) is 12.2. The molecule has 1 aromatic rings. The number of carboxylic acid groups (broad SMARTS) is 1. The molecular formula is C13H16BrNO3. The van der Waals surface area contributed by atoms with Crippen LogP contribution in [0.25, 0.3) is 0 Å².